The molecule has 1 aromatic carbocycles. The first kappa shape index (κ1) is 24.5. The topological polar surface area (TPSA) is 110 Å². The zero-order valence-corrected chi connectivity index (χ0v) is 20.4. The highest BCUT2D eigenvalue weighted by Crippen LogP contribution is 2.32. The summed E-state index contributed by atoms with van der Waals surface area (Å²) in [4.78, 5) is 19.1. The van der Waals surface area contributed by atoms with E-state index in [1.54, 1.807) is 13.0 Å². The van der Waals surface area contributed by atoms with Crippen molar-refractivity contribution in [2.45, 2.75) is 57.9 Å². The minimum atomic E-state index is -0.273. The molecule has 1 amide bonds. The average molecular weight is 473 g/mol. The molecule has 2 aliphatic rings. The van der Waals surface area contributed by atoms with Gasteiger partial charge in [-0.15, -0.1) is 0 Å². The number of aromatic nitrogens is 2. The van der Waals surface area contributed by atoms with Crippen molar-refractivity contribution in [3.05, 3.63) is 35.2 Å². The molecular formula is C25H36N4O5. The predicted octanol–water partition coefficient (Wildman–Crippen LogP) is 2.85. The van der Waals surface area contributed by atoms with Gasteiger partial charge in [0.2, 0.25) is 5.89 Å². The van der Waals surface area contributed by atoms with Crippen LogP contribution in [0.3, 0.4) is 0 Å². The second kappa shape index (κ2) is 10.7. The molecule has 0 bridgehead atoms. The van der Waals surface area contributed by atoms with Crippen molar-refractivity contribution < 1.29 is 23.9 Å². The van der Waals surface area contributed by atoms with E-state index >= 15 is 0 Å². The zero-order chi connectivity index (χ0) is 24.1. The Hall–Kier alpha value is -2.65. The van der Waals surface area contributed by atoms with E-state index in [1.165, 1.54) is 0 Å². The third-order valence-electron chi connectivity index (χ3n) is 6.79. The summed E-state index contributed by atoms with van der Waals surface area (Å²) in [5.74, 6) is 2.64. The van der Waals surface area contributed by atoms with Gasteiger partial charge in [0.15, 0.2) is 0 Å². The minimum Gasteiger partial charge on any atom is -0.494 e. The maximum absolute atomic E-state index is 12.3. The molecule has 9 nitrogen and oxygen atoms in total. The number of nitrogens with one attached hydrogen (secondary N) is 1. The number of ether oxygens (including phenoxy) is 2. The van der Waals surface area contributed by atoms with Gasteiger partial charge in [-0.3, -0.25) is 4.79 Å². The SMILES string of the molecule is Cc1cc(OCCCC2CCN(c3noc(C4(C)COC4)n3)CC2)ccc1C(=O)NC(C)CO. The third-order valence-corrected chi connectivity index (χ3v) is 6.79. The highest BCUT2D eigenvalue weighted by Gasteiger charge is 2.41. The van der Waals surface area contributed by atoms with Gasteiger partial charge in [0.1, 0.15) is 5.75 Å². The number of anilines is 1. The molecule has 0 aliphatic carbocycles. The van der Waals surface area contributed by atoms with Gasteiger partial charge >= 0.3 is 0 Å². The summed E-state index contributed by atoms with van der Waals surface area (Å²) in [7, 11) is 0. The van der Waals surface area contributed by atoms with Crippen LogP contribution < -0.4 is 15.0 Å². The number of aliphatic hydroxyl groups excluding tert-OH is 1. The molecule has 1 atom stereocenters. The van der Waals surface area contributed by atoms with Gasteiger partial charge in [-0.2, -0.15) is 4.98 Å². The number of aliphatic hydroxyl groups is 1. The monoisotopic (exact) mass is 472 g/mol. The zero-order valence-electron chi connectivity index (χ0n) is 20.4. The summed E-state index contributed by atoms with van der Waals surface area (Å²) in [6.45, 7) is 9.48. The molecule has 0 spiro atoms. The molecule has 0 radical (unpaired) electrons. The van der Waals surface area contributed by atoms with E-state index in [1.807, 2.05) is 19.1 Å². The van der Waals surface area contributed by atoms with Gasteiger partial charge in [0.05, 0.1) is 31.8 Å². The molecule has 1 unspecified atom stereocenters. The lowest BCUT2D eigenvalue weighted by atomic mass is 9.89. The number of piperidine rings is 1. The maximum Gasteiger partial charge on any atom is 0.266 e. The van der Waals surface area contributed by atoms with Crippen LogP contribution in [0.5, 0.6) is 5.75 Å². The van der Waals surface area contributed by atoms with Gasteiger partial charge in [-0.25, -0.2) is 0 Å². The van der Waals surface area contributed by atoms with Gasteiger partial charge < -0.3 is 29.3 Å². The normalized spacial score (nSPS) is 18.9. The minimum absolute atomic E-state index is 0.0850. The summed E-state index contributed by atoms with van der Waals surface area (Å²) in [6, 6.07) is 5.23. The summed E-state index contributed by atoms with van der Waals surface area (Å²) < 4.78 is 16.7. The number of benzene rings is 1. The first-order valence-electron chi connectivity index (χ1n) is 12.2. The molecule has 2 N–H and O–H groups in total. The van der Waals surface area contributed by atoms with Gasteiger partial charge in [-0.05, 0) is 81.3 Å². The van der Waals surface area contributed by atoms with Crippen molar-refractivity contribution in [3.8, 4) is 5.75 Å². The summed E-state index contributed by atoms with van der Waals surface area (Å²) in [5.41, 5.74) is 1.33. The van der Waals surface area contributed by atoms with Crippen LogP contribution in [0.15, 0.2) is 22.7 Å². The Balaban J connectivity index is 1.16. The van der Waals surface area contributed by atoms with Crippen LogP contribution in [-0.2, 0) is 10.2 Å². The van der Waals surface area contributed by atoms with Crippen molar-refractivity contribution in [2.24, 2.45) is 5.92 Å². The largest absolute Gasteiger partial charge is 0.494 e. The van der Waals surface area contributed by atoms with E-state index in [0.717, 1.165) is 50.1 Å². The lowest BCUT2D eigenvalue weighted by molar-refractivity contribution is -0.0644. The quantitative estimate of drug-likeness (QED) is 0.508. The van der Waals surface area contributed by atoms with Crippen LogP contribution in [-0.4, -0.2) is 66.7 Å². The molecular weight excluding hydrogens is 436 g/mol. The number of amides is 1. The van der Waals surface area contributed by atoms with Gasteiger partial charge in [0, 0.05) is 24.7 Å². The van der Waals surface area contributed by atoms with Crippen LogP contribution in [0, 0.1) is 12.8 Å². The molecule has 2 saturated heterocycles. The molecule has 2 fully saturated rings. The predicted molar refractivity (Wildman–Crippen MR) is 127 cm³/mol. The second-order valence-corrected chi connectivity index (χ2v) is 9.91. The number of carbonyl (C=O) groups is 1. The first-order chi connectivity index (χ1) is 16.4. The Morgan fingerprint density at radius 2 is 2.12 bits per heavy atom. The molecule has 1 aromatic heterocycles. The fourth-order valence-electron chi connectivity index (χ4n) is 4.43. The van der Waals surface area contributed by atoms with E-state index in [9.17, 15) is 4.79 Å². The molecule has 9 heteroatoms. The van der Waals surface area contributed by atoms with E-state index in [-0.39, 0.29) is 24.0 Å². The van der Waals surface area contributed by atoms with E-state index in [0.29, 0.717) is 43.1 Å². The Morgan fingerprint density at radius 3 is 2.76 bits per heavy atom. The van der Waals surface area contributed by atoms with Crippen LogP contribution in [0.25, 0.3) is 0 Å². The van der Waals surface area contributed by atoms with Crippen molar-refractivity contribution in [2.75, 3.05) is 44.4 Å². The standard InChI is InChI=1S/C25H36N4O5/c1-17-13-20(6-7-21(17)22(31)26-18(2)14-30)33-12-4-5-19-8-10-29(11-9-19)24-27-23(34-28-24)25(3)15-32-16-25/h6-7,13,18-19,30H,4-5,8-12,14-16H2,1-3H3,(H,26,31). The Labute approximate surface area is 200 Å². The van der Waals surface area contributed by atoms with Gasteiger partial charge in [0.25, 0.3) is 11.9 Å². The molecule has 34 heavy (non-hydrogen) atoms. The van der Waals surface area contributed by atoms with Crippen LogP contribution >= 0.6 is 0 Å². The molecule has 4 rings (SSSR count). The van der Waals surface area contributed by atoms with Gasteiger partial charge in [-0.1, -0.05) is 0 Å². The summed E-state index contributed by atoms with van der Waals surface area (Å²) in [6.07, 6.45) is 4.34. The molecule has 2 aliphatic heterocycles. The molecule has 2 aromatic rings. The average Bonchev–Trinajstić information content (AvgIpc) is 3.31. The number of aryl methyl sites for hydroxylation is 1. The Morgan fingerprint density at radius 1 is 1.35 bits per heavy atom. The highest BCUT2D eigenvalue weighted by molar-refractivity contribution is 5.95. The van der Waals surface area contributed by atoms with E-state index < -0.39 is 0 Å². The lowest BCUT2D eigenvalue weighted by Crippen LogP contribution is -2.44. The number of nitrogens with zero attached hydrogens (tertiary/aromatic N) is 3. The molecule has 186 valence electrons. The second-order valence-electron chi connectivity index (χ2n) is 9.91. The number of hydrogen-bond acceptors (Lipinski definition) is 8. The Bertz CT molecular complexity index is 966. The van der Waals surface area contributed by atoms with E-state index in [2.05, 4.69) is 27.3 Å². The lowest BCUT2D eigenvalue weighted by Gasteiger charge is -2.34. The number of rotatable bonds is 10. The van der Waals surface area contributed by atoms with Crippen LogP contribution in [0.4, 0.5) is 5.95 Å². The molecule has 3 heterocycles. The van der Waals surface area contributed by atoms with Crippen LogP contribution in [0.1, 0.15) is 61.3 Å². The summed E-state index contributed by atoms with van der Waals surface area (Å²) >= 11 is 0. The first-order valence-corrected chi connectivity index (χ1v) is 12.2. The van der Waals surface area contributed by atoms with E-state index in [4.69, 9.17) is 19.1 Å². The third kappa shape index (κ3) is 5.70. The maximum atomic E-state index is 12.3. The van der Waals surface area contributed by atoms with Crippen molar-refractivity contribution in [3.63, 3.8) is 0 Å². The highest BCUT2D eigenvalue weighted by atomic mass is 16.5. The van der Waals surface area contributed by atoms with Crippen molar-refractivity contribution in [1.82, 2.24) is 15.5 Å². The van der Waals surface area contributed by atoms with Crippen LogP contribution in [0.2, 0.25) is 0 Å². The smallest absolute Gasteiger partial charge is 0.266 e. The van der Waals surface area contributed by atoms with Crippen molar-refractivity contribution in [1.29, 1.82) is 0 Å². The molecule has 0 saturated carbocycles. The fourth-order valence-corrected chi connectivity index (χ4v) is 4.43. The Kier molecular flexibility index (Phi) is 7.73. The van der Waals surface area contributed by atoms with Crippen molar-refractivity contribution >= 4 is 11.9 Å². The number of hydrogen-bond donors (Lipinski definition) is 2. The summed E-state index contributed by atoms with van der Waals surface area (Å²) in [5, 5.41) is 16.1. The fraction of sp³-hybridized carbons (Fsp3) is 0.640. The number of carbonyl (C=O) groups excluding carboxylic acids is 1.